The molecule has 1 saturated heterocycles. The highest BCUT2D eigenvalue weighted by molar-refractivity contribution is 7.92. The maximum Gasteiger partial charge on any atom is 0.309 e. The van der Waals surface area contributed by atoms with Gasteiger partial charge in [-0.05, 0) is 24.5 Å². The van der Waals surface area contributed by atoms with Crippen molar-refractivity contribution < 1.29 is 22.7 Å². The van der Waals surface area contributed by atoms with Gasteiger partial charge in [0.1, 0.15) is 0 Å². The highest BCUT2D eigenvalue weighted by Crippen LogP contribution is 2.25. The van der Waals surface area contributed by atoms with Crippen LogP contribution in [0.4, 0.5) is 0 Å². The minimum absolute atomic E-state index is 0.0776. The number of carbonyl (C=O) groups excluding carboxylic acids is 2. The van der Waals surface area contributed by atoms with E-state index in [0.717, 1.165) is 31.2 Å². The fourth-order valence-corrected chi connectivity index (χ4v) is 4.68. The predicted molar refractivity (Wildman–Crippen MR) is 105 cm³/mol. The first-order chi connectivity index (χ1) is 13.5. The lowest BCUT2D eigenvalue weighted by Gasteiger charge is -2.33. The zero-order chi connectivity index (χ0) is 20.0. The van der Waals surface area contributed by atoms with Gasteiger partial charge >= 0.3 is 5.97 Å². The summed E-state index contributed by atoms with van der Waals surface area (Å²) in [5.41, 5.74) is 0.809. The minimum atomic E-state index is -3.54. The molecule has 1 saturated carbocycles. The second kappa shape index (κ2) is 9.34. The van der Waals surface area contributed by atoms with Crippen LogP contribution in [0.2, 0.25) is 0 Å². The maximum absolute atomic E-state index is 12.5. The first kappa shape index (κ1) is 20.5. The van der Waals surface area contributed by atoms with Crippen molar-refractivity contribution in [3.63, 3.8) is 0 Å². The van der Waals surface area contributed by atoms with E-state index in [2.05, 4.69) is 0 Å². The average molecular weight is 407 g/mol. The van der Waals surface area contributed by atoms with Gasteiger partial charge in [-0.2, -0.15) is 4.31 Å². The standard InChI is InChI=1S/C20H26N2O5S/c23-19(16-27-20(24)18-8-4-5-9-18)21-11-13-22(14-12-21)28(25,26)15-10-17-6-2-1-3-7-17/h1-3,6-7,10,15,18H,4-5,8-9,11-14,16H2/b15-10+. The molecule has 3 rings (SSSR count). The summed E-state index contributed by atoms with van der Waals surface area (Å²) in [5.74, 6) is -0.646. The van der Waals surface area contributed by atoms with E-state index in [9.17, 15) is 18.0 Å². The molecule has 0 bridgehead atoms. The molecular formula is C20H26N2O5S. The number of amides is 1. The second-order valence-electron chi connectivity index (χ2n) is 7.13. The highest BCUT2D eigenvalue weighted by Gasteiger charge is 2.29. The first-order valence-electron chi connectivity index (χ1n) is 9.63. The van der Waals surface area contributed by atoms with Crippen molar-refractivity contribution in [1.82, 2.24) is 9.21 Å². The SMILES string of the molecule is O=C(OCC(=O)N1CCN(S(=O)(=O)/C=C/c2ccccc2)CC1)C1CCCC1. The van der Waals surface area contributed by atoms with Gasteiger partial charge in [-0.15, -0.1) is 0 Å². The molecule has 1 heterocycles. The number of carbonyl (C=O) groups is 2. The molecular weight excluding hydrogens is 380 g/mol. The predicted octanol–water partition coefficient (Wildman–Crippen LogP) is 1.86. The molecule has 1 aromatic carbocycles. The van der Waals surface area contributed by atoms with Gasteiger partial charge in [-0.25, -0.2) is 8.42 Å². The summed E-state index contributed by atoms with van der Waals surface area (Å²) in [5, 5.41) is 1.20. The Kier molecular flexibility index (Phi) is 6.85. The smallest absolute Gasteiger partial charge is 0.309 e. The van der Waals surface area contributed by atoms with Crippen LogP contribution >= 0.6 is 0 Å². The zero-order valence-corrected chi connectivity index (χ0v) is 16.6. The molecule has 0 spiro atoms. The number of hydrogen-bond acceptors (Lipinski definition) is 5. The average Bonchev–Trinajstić information content (AvgIpc) is 3.26. The summed E-state index contributed by atoms with van der Waals surface area (Å²) in [6.07, 6.45) is 5.29. The van der Waals surface area contributed by atoms with E-state index >= 15 is 0 Å². The van der Waals surface area contributed by atoms with Crippen LogP contribution in [0.15, 0.2) is 35.7 Å². The zero-order valence-electron chi connectivity index (χ0n) is 15.8. The molecule has 8 heteroatoms. The molecule has 1 aliphatic carbocycles. The van der Waals surface area contributed by atoms with Gasteiger partial charge in [0.2, 0.25) is 10.0 Å². The Balaban J connectivity index is 1.46. The third-order valence-corrected chi connectivity index (χ3v) is 6.77. The van der Waals surface area contributed by atoms with Crippen LogP contribution < -0.4 is 0 Å². The Bertz CT molecular complexity index is 808. The van der Waals surface area contributed by atoms with Crippen molar-refractivity contribution in [2.45, 2.75) is 25.7 Å². The fraction of sp³-hybridized carbons (Fsp3) is 0.500. The number of esters is 1. The molecule has 2 fully saturated rings. The summed E-state index contributed by atoms with van der Waals surface area (Å²) in [4.78, 5) is 25.7. The number of hydrogen-bond donors (Lipinski definition) is 0. The molecule has 0 radical (unpaired) electrons. The molecule has 0 N–H and O–H groups in total. The molecule has 1 amide bonds. The van der Waals surface area contributed by atoms with E-state index in [1.807, 2.05) is 30.3 Å². The van der Waals surface area contributed by atoms with Crippen molar-refractivity contribution in [3.8, 4) is 0 Å². The van der Waals surface area contributed by atoms with E-state index in [1.165, 1.54) is 9.71 Å². The first-order valence-corrected chi connectivity index (χ1v) is 11.1. The number of rotatable bonds is 6. The Morgan fingerprint density at radius 2 is 1.68 bits per heavy atom. The van der Waals surface area contributed by atoms with Gasteiger partial charge in [0.15, 0.2) is 6.61 Å². The summed E-state index contributed by atoms with van der Waals surface area (Å²) in [6.45, 7) is 0.764. The van der Waals surface area contributed by atoms with Gasteiger partial charge in [-0.1, -0.05) is 43.2 Å². The normalized spacial score (nSPS) is 19.2. The van der Waals surface area contributed by atoms with Gasteiger partial charge < -0.3 is 9.64 Å². The lowest BCUT2D eigenvalue weighted by molar-refractivity contribution is -0.155. The van der Waals surface area contributed by atoms with E-state index in [1.54, 1.807) is 11.0 Å². The number of sulfonamides is 1. The van der Waals surface area contributed by atoms with E-state index in [-0.39, 0.29) is 50.6 Å². The number of ether oxygens (including phenoxy) is 1. The monoisotopic (exact) mass is 406 g/mol. The Labute approximate surface area is 166 Å². The largest absolute Gasteiger partial charge is 0.455 e. The number of piperazine rings is 1. The van der Waals surface area contributed by atoms with Crippen molar-refractivity contribution >= 4 is 28.0 Å². The Morgan fingerprint density at radius 1 is 1.04 bits per heavy atom. The molecule has 28 heavy (non-hydrogen) atoms. The topological polar surface area (TPSA) is 84.0 Å². The lowest BCUT2D eigenvalue weighted by Crippen LogP contribution is -2.51. The van der Waals surface area contributed by atoms with Gasteiger partial charge in [0.05, 0.1) is 5.92 Å². The van der Waals surface area contributed by atoms with Crippen LogP contribution in [0.25, 0.3) is 6.08 Å². The van der Waals surface area contributed by atoms with Crippen LogP contribution in [-0.2, 0) is 24.3 Å². The molecule has 7 nitrogen and oxygen atoms in total. The van der Waals surface area contributed by atoms with E-state index < -0.39 is 10.0 Å². The van der Waals surface area contributed by atoms with E-state index in [4.69, 9.17) is 4.74 Å². The second-order valence-corrected chi connectivity index (χ2v) is 8.95. The van der Waals surface area contributed by atoms with Gasteiger partial charge in [0.25, 0.3) is 5.91 Å². The summed E-state index contributed by atoms with van der Waals surface area (Å²) in [6, 6.07) is 9.21. The Hall–Kier alpha value is -2.19. The van der Waals surface area contributed by atoms with Crippen LogP contribution in [-0.4, -0.2) is 62.3 Å². The highest BCUT2D eigenvalue weighted by atomic mass is 32.2. The minimum Gasteiger partial charge on any atom is -0.455 e. The van der Waals surface area contributed by atoms with Crippen LogP contribution in [0.5, 0.6) is 0 Å². The molecule has 0 atom stereocenters. The third kappa shape index (κ3) is 5.42. The lowest BCUT2D eigenvalue weighted by atomic mass is 10.1. The maximum atomic E-state index is 12.5. The van der Waals surface area contributed by atoms with Crippen molar-refractivity contribution in [1.29, 1.82) is 0 Å². The van der Waals surface area contributed by atoms with Crippen molar-refractivity contribution in [2.24, 2.45) is 5.92 Å². The molecule has 152 valence electrons. The van der Waals surface area contributed by atoms with E-state index in [0.29, 0.717) is 0 Å². The summed E-state index contributed by atoms with van der Waals surface area (Å²) >= 11 is 0. The molecule has 1 aliphatic heterocycles. The quantitative estimate of drug-likeness (QED) is 0.674. The molecule has 0 aromatic heterocycles. The van der Waals surface area contributed by atoms with Crippen molar-refractivity contribution in [3.05, 3.63) is 41.3 Å². The van der Waals surface area contributed by atoms with Gasteiger partial charge in [0, 0.05) is 31.6 Å². The van der Waals surface area contributed by atoms with Crippen LogP contribution in [0.1, 0.15) is 31.2 Å². The molecule has 1 aromatic rings. The van der Waals surface area contributed by atoms with Crippen LogP contribution in [0, 0.1) is 5.92 Å². The summed E-state index contributed by atoms with van der Waals surface area (Å²) < 4.78 is 31.4. The summed E-state index contributed by atoms with van der Waals surface area (Å²) in [7, 11) is -3.54. The van der Waals surface area contributed by atoms with Crippen molar-refractivity contribution in [2.75, 3.05) is 32.8 Å². The number of benzene rings is 1. The molecule has 0 unspecified atom stereocenters. The Morgan fingerprint density at radius 3 is 2.32 bits per heavy atom. The van der Waals surface area contributed by atoms with Gasteiger partial charge in [-0.3, -0.25) is 9.59 Å². The van der Waals surface area contributed by atoms with Crippen LogP contribution in [0.3, 0.4) is 0 Å². The fourth-order valence-electron chi connectivity index (χ4n) is 3.51. The third-order valence-electron chi connectivity index (χ3n) is 5.21. The molecule has 2 aliphatic rings. The number of nitrogens with zero attached hydrogens (tertiary/aromatic N) is 2.